The molecule has 0 N–H and O–H groups in total. The summed E-state index contributed by atoms with van der Waals surface area (Å²) in [4.78, 5) is 0. The summed E-state index contributed by atoms with van der Waals surface area (Å²) in [6.45, 7) is 4.34. The number of rotatable bonds is 8. The molecule has 3 heteroatoms. The standard InChI is InChI=1S/C70H48N2S/c1-45-21-31-53(32-22-45)69(55-35-25-49(26-36-55)47-13-5-3-6-14-47)63-19-11-9-17-59(63)61-39-29-51(43-65(61)69)57-41-42-58(68-67(57)71-73-72-68)52-30-40-62-60-18-10-12-20-64(60)70(66(62)44-52,54-33-23-46(2)24-34-54)56-37-27-50(28-38-56)48-15-7-4-8-16-48/h3-44H,1-2H3. The molecule has 12 aromatic rings. The highest BCUT2D eigenvalue weighted by Gasteiger charge is 2.48. The maximum Gasteiger partial charge on any atom is 0.113 e. The number of aromatic nitrogens is 2. The van der Waals surface area contributed by atoms with Crippen LogP contribution in [0.25, 0.3) is 77.8 Å². The van der Waals surface area contributed by atoms with Crippen LogP contribution in [0.5, 0.6) is 0 Å². The molecule has 0 spiro atoms. The zero-order valence-corrected chi connectivity index (χ0v) is 41.4. The molecule has 0 saturated carbocycles. The minimum atomic E-state index is -0.557. The van der Waals surface area contributed by atoms with Crippen LogP contribution < -0.4 is 0 Å². The molecule has 14 rings (SSSR count). The van der Waals surface area contributed by atoms with Crippen LogP contribution in [0.2, 0.25) is 0 Å². The first-order valence-corrected chi connectivity index (χ1v) is 25.9. The Balaban J connectivity index is 0.930. The van der Waals surface area contributed by atoms with Crippen LogP contribution in [0, 0.1) is 13.8 Å². The quantitative estimate of drug-likeness (QED) is 0.152. The van der Waals surface area contributed by atoms with Crippen LogP contribution in [-0.4, -0.2) is 8.75 Å². The second kappa shape index (κ2) is 16.9. The van der Waals surface area contributed by atoms with Crippen molar-refractivity contribution >= 4 is 22.8 Å². The molecule has 2 aliphatic carbocycles. The van der Waals surface area contributed by atoms with Crippen molar-refractivity contribution in [1.29, 1.82) is 0 Å². The largest absolute Gasteiger partial charge is 0.172 e. The minimum absolute atomic E-state index is 0.557. The van der Waals surface area contributed by atoms with Crippen LogP contribution in [0.3, 0.4) is 0 Å². The Labute approximate surface area is 430 Å². The summed E-state index contributed by atoms with van der Waals surface area (Å²) in [5.41, 5.74) is 27.5. The fourth-order valence-corrected chi connectivity index (χ4v) is 13.1. The van der Waals surface area contributed by atoms with Crippen molar-refractivity contribution in [3.63, 3.8) is 0 Å². The molecule has 344 valence electrons. The summed E-state index contributed by atoms with van der Waals surface area (Å²) in [6.07, 6.45) is 0. The van der Waals surface area contributed by atoms with Gasteiger partial charge in [0.1, 0.15) is 11.0 Å². The molecule has 0 aliphatic heterocycles. The first kappa shape index (κ1) is 43.1. The maximum atomic E-state index is 5.12. The number of fused-ring (bicyclic) bond motifs is 7. The molecular weight excluding hydrogens is 901 g/mol. The average molecular weight is 949 g/mol. The van der Waals surface area contributed by atoms with Gasteiger partial charge in [-0.25, -0.2) is 0 Å². The SMILES string of the molecule is Cc1ccc(C2(c3ccc(-c4ccccc4)cc3)c3ccccc3-c3ccc(-c4ccc(-c5ccc6c(c5)C(c5ccc(C)cc5)(c5ccc(-c7ccccc7)cc5)c5ccccc5-6)c5nsnc45)cc32)cc1. The summed E-state index contributed by atoms with van der Waals surface area (Å²) in [5, 5.41) is 0. The van der Waals surface area contributed by atoms with Gasteiger partial charge in [-0.1, -0.05) is 254 Å². The molecule has 0 bridgehead atoms. The number of nitrogens with zero attached hydrogens (tertiary/aromatic N) is 2. The lowest BCUT2D eigenvalue weighted by Crippen LogP contribution is -2.28. The molecule has 0 saturated heterocycles. The van der Waals surface area contributed by atoms with Gasteiger partial charge in [0.15, 0.2) is 0 Å². The summed E-state index contributed by atoms with van der Waals surface area (Å²) in [7, 11) is 0. The number of aryl methyl sites for hydroxylation is 2. The van der Waals surface area contributed by atoms with Gasteiger partial charge in [0.05, 0.1) is 22.6 Å². The average Bonchev–Trinajstić information content (AvgIpc) is 4.15. The molecule has 2 atom stereocenters. The van der Waals surface area contributed by atoms with Crippen molar-refractivity contribution in [2.45, 2.75) is 24.7 Å². The van der Waals surface area contributed by atoms with E-state index < -0.39 is 10.8 Å². The highest BCUT2D eigenvalue weighted by molar-refractivity contribution is 7.00. The molecule has 73 heavy (non-hydrogen) atoms. The lowest BCUT2D eigenvalue weighted by atomic mass is 9.67. The van der Waals surface area contributed by atoms with Crippen LogP contribution in [0.1, 0.15) is 55.6 Å². The lowest BCUT2D eigenvalue weighted by Gasteiger charge is -2.34. The van der Waals surface area contributed by atoms with Crippen LogP contribution in [0.15, 0.2) is 255 Å². The van der Waals surface area contributed by atoms with E-state index in [0.29, 0.717) is 0 Å². The first-order chi connectivity index (χ1) is 36.0. The Morgan fingerprint density at radius 3 is 0.959 bits per heavy atom. The third kappa shape index (κ3) is 6.55. The van der Waals surface area contributed by atoms with Crippen molar-refractivity contribution in [3.05, 3.63) is 310 Å². The number of benzene rings is 11. The smallest absolute Gasteiger partial charge is 0.113 e. The Hall–Kier alpha value is -8.76. The van der Waals surface area contributed by atoms with Crippen molar-refractivity contribution in [3.8, 4) is 66.8 Å². The van der Waals surface area contributed by atoms with E-state index in [1.165, 1.54) is 112 Å². The van der Waals surface area contributed by atoms with Crippen molar-refractivity contribution in [2.75, 3.05) is 0 Å². The molecule has 0 amide bonds. The second-order valence-electron chi connectivity index (χ2n) is 19.9. The van der Waals surface area contributed by atoms with Gasteiger partial charge in [-0.15, -0.1) is 0 Å². The van der Waals surface area contributed by atoms with Crippen LogP contribution in [-0.2, 0) is 10.8 Å². The highest BCUT2D eigenvalue weighted by Crippen LogP contribution is 2.59. The van der Waals surface area contributed by atoms with Crippen LogP contribution >= 0.6 is 11.7 Å². The topological polar surface area (TPSA) is 25.8 Å². The number of hydrogen-bond donors (Lipinski definition) is 0. The molecule has 2 nitrogen and oxygen atoms in total. The highest BCUT2D eigenvalue weighted by atomic mass is 32.1. The van der Waals surface area contributed by atoms with E-state index in [9.17, 15) is 0 Å². The molecule has 2 aliphatic rings. The van der Waals surface area contributed by atoms with Crippen molar-refractivity contribution < 1.29 is 0 Å². The summed E-state index contributed by atoms with van der Waals surface area (Å²) in [5.74, 6) is 0. The zero-order chi connectivity index (χ0) is 48.7. The summed E-state index contributed by atoms with van der Waals surface area (Å²) >= 11 is 1.29. The van der Waals surface area contributed by atoms with Crippen molar-refractivity contribution in [1.82, 2.24) is 8.75 Å². The Kier molecular flexibility index (Phi) is 10.00. The molecule has 1 heterocycles. The Morgan fingerprint density at radius 2 is 0.562 bits per heavy atom. The molecule has 0 radical (unpaired) electrons. The third-order valence-electron chi connectivity index (χ3n) is 15.9. The zero-order valence-electron chi connectivity index (χ0n) is 40.6. The van der Waals surface area contributed by atoms with E-state index in [1.54, 1.807) is 0 Å². The Morgan fingerprint density at radius 1 is 0.260 bits per heavy atom. The second-order valence-corrected chi connectivity index (χ2v) is 20.4. The molecule has 0 fully saturated rings. The number of hydrogen-bond acceptors (Lipinski definition) is 3. The fraction of sp³-hybridized carbons (Fsp3) is 0.0571. The van der Waals surface area contributed by atoms with Gasteiger partial charge in [-0.05, 0) is 126 Å². The minimum Gasteiger partial charge on any atom is -0.172 e. The van der Waals surface area contributed by atoms with Crippen LogP contribution in [0.4, 0.5) is 0 Å². The third-order valence-corrected chi connectivity index (χ3v) is 16.5. The van der Waals surface area contributed by atoms with Gasteiger partial charge < -0.3 is 0 Å². The summed E-state index contributed by atoms with van der Waals surface area (Å²) in [6, 6.07) is 94.9. The van der Waals surface area contributed by atoms with Gasteiger partial charge in [-0.2, -0.15) is 8.75 Å². The maximum absolute atomic E-state index is 5.12. The van der Waals surface area contributed by atoms with Gasteiger partial charge in [0, 0.05) is 11.1 Å². The van der Waals surface area contributed by atoms with Crippen molar-refractivity contribution in [2.24, 2.45) is 0 Å². The fourth-order valence-electron chi connectivity index (χ4n) is 12.5. The van der Waals surface area contributed by atoms with E-state index in [0.717, 1.165) is 33.3 Å². The van der Waals surface area contributed by atoms with Gasteiger partial charge in [-0.3, -0.25) is 0 Å². The molecule has 2 unspecified atom stereocenters. The van der Waals surface area contributed by atoms with Gasteiger partial charge >= 0.3 is 0 Å². The van der Waals surface area contributed by atoms with Gasteiger partial charge in [0.25, 0.3) is 0 Å². The first-order valence-electron chi connectivity index (χ1n) is 25.2. The van der Waals surface area contributed by atoms with E-state index in [4.69, 9.17) is 8.75 Å². The molecule has 1 aromatic heterocycles. The summed E-state index contributed by atoms with van der Waals surface area (Å²) < 4.78 is 10.2. The Bertz CT molecular complexity index is 3800. The van der Waals surface area contributed by atoms with E-state index in [2.05, 4.69) is 269 Å². The normalized spacial score (nSPS) is 16.2. The lowest BCUT2D eigenvalue weighted by molar-refractivity contribution is 0.768. The van der Waals surface area contributed by atoms with Gasteiger partial charge in [0.2, 0.25) is 0 Å². The van der Waals surface area contributed by atoms with E-state index in [-0.39, 0.29) is 0 Å². The molecular formula is C70H48N2S. The van der Waals surface area contributed by atoms with E-state index in [1.807, 2.05) is 0 Å². The molecule has 11 aromatic carbocycles. The predicted octanol–water partition coefficient (Wildman–Crippen LogP) is 17.7. The predicted molar refractivity (Wildman–Crippen MR) is 303 cm³/mol. The monoisotopic (exact) mass is 948 g/mol. The van der Waals surface area contributed by atoms with E-state index >= 15 is 0 Å².